The fourth-order valence-corrected chi connectivity index (χ4v) is 3.59. The van der Waals surface area contributed by atoms with Crippen molar-refractivity contribution in [2.45, 2.75) is 38.3 Å². The molecule has 2 aliphatic heterocycles. The van der Waals surface area contributed by atoms with E-state index in [0.29, 0.717) is 23.1 Å². The molecule has 2 aliphatic rings. The SMILES string of the molecule is O=C(CCc1cc(Br)ccc1OC(F)F)N1CC(N2C(=O)CCC2=O)C1. The summed E-state index contributed by atoms with van der Waals surface area (Å²) in [4.78, 5) is 38.5. The first-order valence-corrected chi connectivity index (χ1v) is 9.00. The molecule has 26 heavy (non-hydrogen) atoms. The second-order valence-electron chi connectivity index (χ2n) is 6.24. The molecule has 2 fully saturated rings. The lowest BCUT2D eigenvalue weighted by atomic mass is 10.0. The Bertz CT molecular complexity index is 721. The minimum Gasteiger partial charge on any atom is -0.435 e. The zero-order chi connectivity index (χ0) is 18.8. The highest BCUT2D eigenvalue weighted by molar-refractivity contribution is 9.10. The number of carbonyl (C=O) groups is 3. The van der Waals surface area contributed by atoms with E-state index in [1.54, 1.807) is 17.0 Å². The highest BCUT2D eigenvalue weighted by Gasteiger charge is 2.42. The Morgan fingerprint density at radius 2 is 1.88 bits per heavy atom. The second kappa shape index (κ2) is 7.69. The van der Waals surface area contributed by atoms with Gasteiger partial charge in [0, 0.05) is 36.8 Å². The number of imide groups is 1. The van der Waals surface area contributed by atoms with E-state index in [4.69, 9.17) is 0 Å². The van der Waals surface area contributed by atoms with Crippen molar-refractivity contribution in [3.05, 3.63) is 28.2 Å². The summed E-state index contributed by atoms with van der Waals surface area (Å²) in [5.74, 6) is -0.473. The third-order valence-electron chi connectivity index (χ3n) is 4.52. The molecule has 0 bridgehead atoms. The summed E-state index contributed by atoms with van der Waals surface area (Å²) in [5.41, 5.74) is 0.509. The Hall–Kier alpha value is -2.03. The average Bonchev–Trinajstić information content (AvgIpc) is 2.85. The van der Waals surface area contributed by atoms with E-state index < -0.39 is 6.61 Å². The number of nitrogens with zero attached hydrogens (tertiary/aromatic N) is 2. The lowest BCUT2D eigenvalue weighted by Crippen LogP contribution is -2.62. The van der Waals surface area contributed by atoms with Gasteiger partial charge < -0.3 is 9.64 Å². The summed E-state index contributed by atoms with van der Waals surface area (Å²) in [5, 5.41) is 0. The molecule has 0 saturated carbocycles. The number of likely N-dealkylation sites (tertiary alicyclic amines) is 2. The minimum atomic E-state index is -2.93. The molecule has 0 radical (unpaired) electrons. The van der Waals surface area contributed by atoms with Crippen molar-refractivity contribution in [3.63, 3.8) is 0 Å². The van der Waals surface area contributed by atoms with Crippen molar-refractivity contribution >= 4 is 33.7 Å². The molecule has 9 heteroatoms. The van der Waals surface area contributed by atoms with Gasteiger partial charge in [-0.2, -0.15) is 8.78 Å². The van der Waals surface area contributed by atoms with Crippen molar-refractivity contribution in [1.82, 2.24) is 9.80 Å². The van der Waals surface area contributed by atoms with E-state index in [2.05, 4.69) is 20.7 Å². The number of alkyl halides is 2. The summed E-state index contributed by atoms with van der Waals surface area (Å²) in [6.45, 7) is -2.28. The monoisotopic (exact) mass is 430 g/mol. The molecule has 3 rings (SSSR count). The summed E-state index contributed by atoms with van der Waals surface area (Å²) < 4.78 is 30.1. The van der Waals surface area contributed by atoms with Gasteiger partial charge in [0.1, 0.15) is 5.75 Å². The molecule has 140 valence electrons. The van der Waals surface area contributed by atoms with Crippen LogP contribution in [0.15, 0.2) is 22.7 Å². The molecular formula is C17H17BrF2N2O4. The highest BCUT2D eigenvalue weighted by atomic mass is 79.9. The predicted octanol–water partition coefficient (Wildman–Crippen LogP) is 2.34. The molecular weight excluding hydrogens is 414 g/mol. The normalized spacial score (nSPS) is 17.8. The van der Waals surface area contributed by atoms with Gasteiger partial charge in [0.05, 0.1) is 6.04 Å². The molecule has 0 aromatic heterocycles. The number of rotatable bonds is 6. The van der Waals surface area contributed by atoms with Crippen LogP contribution < -0.4 is 4.74 Å². The number of hydrogen-bond acceptors (Lipinski definition) is 4. The number of amides is 3. The van der Waals surface area contributed by atoms with Crippen LogP contribution in [0.4, 0.5) is 8.78 Å². The van der Waals surface area contributed by atoms with E-state index in [9.17, 15) is 23.2 Å². The fraction of sp³-hybridized carbons (Fsp3) is 0.471. The zero-order valence-electron chi connectivity index (χ0n) is 13.8. The van der Waals surface area contributed by atoms with Crippen molar-refractivity contribution < 1.29 is 27.9 Å². The Kier molecular flexibility index (Phi) is 5.55. The molecule has 2 saturated heterocycles. The summed E-state index contributed by atoms with van der Waals surface area (Å²) in [7, 11) is 0. The maximum absolute atomic E-state index is 12.5. The summed E-state index contributed by atoms with van der Waals surface area (Å²) in [6, 6.07) is 4.42. The van der Waals surface area contributed by atoms with Gasteiger partial charge in [-0.05, 0) is 30.2 Å². The van der Waals surface area contributed by atoms with Crippen molar-refractivity contribution in [2.75, 3.05) is 13.1 Å². The standard InChI is InChI=1S/C17H17BrF2N2O4/c18-11-2-3-13(26-17(19)20)10(7-11)1-4-14(23)21-8-12(9-21)22-15(24)5-6-16(22)25/h2-3,7,12,17H,1,4-6,8-9H2. The fourth-order valence-electron chi connectivity index (χ4n) is 3.18. The van der Waals surface area contributed by atoms with E-state index >= 15 is 0 Å². The summed E-state index contributed by atoms with van der Waals surface area (Å²) in [6.07, 6.45) is 0.853. The smallest absolute Gasteiger partial charge is 0.387 e. The first-order chi connectivity index (χ1) is 12.3. The van der Waals surface area contributed by atoms with Crippen LogP contribution in [-0.2, 0) is 20.8 Å². The topological polar surface area (TPSA) is 66.9 Å². The molecule has 2 heterocycles. The van der Waals surface area contributed by atoms with Crippen LogP contribution in [-0.4, -0.2) is 53.3 Å². The largest absolute Gasteiger partial charge is 0.435 e. The van der Waals surface area contributed by atoms with Gasteiger partial charge in [0.15, 0.2) is 0 Å². The molecule has 6 nitrogen and oxygen atoms in total. The van der Waals surface area contributed by atoms with E-state index in [-0.39, 0.29) is 55.2 Å². The second-order valence-corrected chi connectivity index (χ2v) is 7.16. The number of hydrogen-bond donors (Lipinski definition) is 0. The molecule has 0 atom stereocenters. The van der Waals surface area contributed by atoms with Gasteiger partial charge >= 0.3 is 6.61 Å². The Balaban J connectivity index is 1.53. The van der Waals surface area contributed by atoms with Gasteiger partial charge in [0.2, 0.25) is 17.7 Å². The van der Waals surface area contributed by atoms with Gasteiger partial charge in [-0.3, -0.25) is 19.3 Å². The third-order valence-corrected chi connectivity index (χ3v) is 5.01. The number of ether oxygens (including phenoxy) is 1. The Morgan fingerprint density at radius 3 is 2.50 bits per heavy atom. The van der Waals surface area contributed by atoms with Crippen LogP contribution in [0.25, 0.3) is 0 Å². The van der Waals surface area contributed by atoms with Crippen molar-refractivity contribution in [1.29, 1.82) is 0 Å². The molecule has 3 amide bonds. The quantitative estimate of drug-likeness (QED) is 0.649. The number of carbonyl (C=O) groups excluding carboxylic acids is 3. The molecule has 1 aromatic carbocycles. The van der Waals surface area contributed by atoms with Gasteiger partial charge in [-0.15, -0.1) is 0 Å². The maximum atomic E-state index is 12.5. The van der Waals surface area contributed by atoms with Crippen LogP contribution in [0, 0.1) is 0 Å². The minimum absolute atomic E-state index is 0.0470. The zero-order valence-corrected chi connectivity index (χ0v) is 15.4. The Labute approximate surface area is 157 Å². The molecule has 1 aromatic rings. The Morgan fingerprint density at radius 1 is 1.23 bits per heavy atom. The van der Waals surface area contributed by atoms with Crippen LogP contribution in [0.2, 0.25) is 0 Å². The van der Waals surface area contributed by atoms with Crippen molar-refractivity contribution in [2.24, 2.45) is 0 Å². The average molecular weight is 431 g/mol. The molecule has 0 aliphatic carbocycles. The van der Waals surface area contributed by atoms with Gasteiger partial charge in [-0.25, -0.2) is 0 Å². The number of benzene rings is 1. The lowest BCUT2D eigenvalue weighted by molar-refractivity contribution is -0.151. The van der Waals surface area contributed by atoms with Crippen LogP contribution >= 0.6 is 15.9 Å². The first-order valence-electron chi connectivity index (χ1n) is 8.21. The summed E-state index contributed by atoms with van der Waals surface area (Å²) >= 11 is 3.27. The van der Waals surface area contributed by atoms with Crippen LogP contribution in [0.3, 0.4) is 0 Å². The lowest BCUT2D eigenvalue weighted by Gasteiger charge is -2.43. The van der Waals surface area contributed by atoms with E-state index in [0.717, 1.165) is 0 Å². The number of halogens is 3. The molecule has 0 unspecified atom stereocenters. The van der Waals surface area contributed by atoms with Crippen molar-refractivity contribution in [3.8, 4) is 5.75 Å². The van der Waals surface area contributed by atoms with E-state index in [1.165, 1.54) is 11.0 Å². The maximum Gasteiger partial charge on any atom is 0.387 e. The van der Waals surface area contributed by atoms with Crippen LogP contribution in [0.1, 0.15) is 24.8 Å². The van der Waals surface area contributed by atoms with Gasteiger partial charge in [-0.1, -0.05) is 15.9 Å². The highest BCUT2D eigenvalue weighted by Crippen LogP contribution is 2.27. The third kappa shape index (κ3) is 4.03. The first kappa shape index (κ1) is 18.8. The van der Waals surface area contributed by atoms with Crippen LogP contribution in [0.5, 0.6) is 5.75 Å². The predicted molar refractivity (Wildman–Crippen MR) is 90.6 cm³/mol. The van der Waals surface area contributed by atoms with Gasteiger partial charge in [0.25, 0.3) is 0 Å². The number of aryl methyl sites for hydroxylation is 1. The molecule has 0 N–H and O–H groups in total. The van der Waals surface area contributed by atoms with E-state index in [1.807, 2.05) is 0 Å². The molecule has 0 spiro atoms.